The second-order valence-corrected chi connectivity index (χ2v) is 6.59. The summed E-state index contributed by atoms with van der Waals surface area (Å²) in [6.45, 7) is 1.15. The number of amides is 1. The highest BCUT2D eigenvalue weighted by atomic mass is 16.5. The minimum absolute atomic E-state index is 0.0363. The van der Waals surface area contributed by atoms with Gasteiger partial charge in [0.2, 0.25) is 5.91 Å². The molecule has 0 radical (unpaired) electrons. The number of carbonyl (C=O) groups is 1. The fourth-order valence-electron chi connectivity index (χ4n) is 3.42. The molecular formula is C19H23N3O5. The molecule has 8 heteroatoms. The van der Waals surface area contributed by atoms with Gasteiger partial charge in [-0.2, -0.15) is 0 Å². The molecule has 1 aromatic heterocycles. The van der Waals surface area contributed by atoms with Crippen molar-refractivity contribution < 1.29 is 14.3 Å². The van der Waals surface area contributed by atoms with E-state index < -0.39 is 11.2 Å². The van der Waals surface area contributed by atoms with Crippen molar-refractivity contribution >= 4 is 5.91 Å². The molecule has 2 aromatic rings. The highest BCUT2D eigenvalue weighted by Crippen LogP contribution is 2.36. The Morgan fingerprint density at radius 2 is 2.04 bits per heavy atom. The Balaban J connectivity index is 1.75. The van der Waals surface area contributed by atoms with E-state index in [0.29, 0.717) is 13.1 Å². The summed E-state index contributed by atoms with van der Waals surface area (Å²) in [4.78, 5) is 40.4. The van der Waals surface area contributed by atoms with Crippen LogP contribution in [0.2, 0.25) is 0 Å². The lowest BCUT2D eigenvalue weighted by Gasteiger charge is -2.18. The molecular weight excluding hydrogens is 350 g/mol. The van der Waals surface area contributed by atoms with Gasteiger partial charge in [0.25, 0.3) is 5.56 Å². The Hall–Kier alpha value is -3.03. The maximum Gasteiger partial charge on any atom is 0.328 e. The fraction of sp³-hybridized carbons (Fsp3) is 0.421. The lowest BCUT2D eigenvalue weighted by Crippen LogP contribution is -2.37. The van der Waals surface area contributed by atoms with Gasteiger partial charge in [0.05, 0.1) is 20.6 Å². The number of H-pyrrole nitrogens is 1. The van der Waals surface area contributed by atoms with Gasteiger partial charge >= 0.3 is 5.69 Å². The normalized spacial score (nSPS) is 16.4. The van der Waals surface area contributed by atoms with Crippen molar-refractivity contribution in [1.82, 2.24) is 14.5 Å². The van der Waals surface area contributed by atoms with Crippen molar-refractivity contribution in [3.63, 3.8) is 0 Å². The van der Waals surface area contributed by atoms with Crippen LogP contribution >= 0.6 is 0 Å². The van der Waals surface area contributed by atoms with Crippen LogP contribution in [0.4, 0.5) is 0 Å². The van der Waals surface area contributed by atoms with Crippen molar-refractivity contribution in [2.24, 2.45) is 7.05 Å². The molecule has 1 atom stereocenters. The van der Waals surface area contributed by atoms with Gasteiger partial charge in [0.15, 0.2) is 0 Å². The van der Waals surface area contributed by atoms with Crippen LogP contribution in [0.3, 0.4) is 0 Å². The number of rotatable bonds is 5. The van der Waals surface area contributed by atoms with Crippen LogP contribution in [-0.4, -0.2) is 47.7 Å². The number of carbonyl (C=O) groups excluding carboxylic acids is 1. The van der Waals surface area contributed by atoms with Crippen LogP contribution in [0.15, 0.2) is 34.0 Å². The molecule has 0 aliphatic carbocycles. The summed E-state index contributed by atoms with van der Waals surface area (Å²) in [5.41, 5.74) is 0.344. The zero-order valence-corrected chi connectivity index (χ0v) is 15.7. The maximum atomic E-state index is 12.6. The van der Waals surface area contributed by atoms with Gasteiger partial charge < -0.3 is 19.4 Å². The first-order valence-corrected chi connectivity index (χ1v) is 8.72. The van der Waals surface area contributed by atoms with Gasteiger partial charge in [-0.15, -0.1) is 0 Å². The molecule has 3 rings (SSSR count). The van der Waals surface area contributed by atoms with Crippen molar-refractivity contribution in [2.75, 3.05) is 27.3 Å². The third-order valence-electron chi connectivity index (χ3n) is 5.01. The number of methoxy groups -OCH3 is 2. The fourth-order valence-corrected chi connectivity index (χ4v) is 3.42. The molecule has 144 valence electrons. The number of aromatic amines is 1. The molecule has 27 heavy (non-hydrogen) atoms. The minimum Gasteiger partial charge on any atom is -0.497 e. The van der Waals surface area contributed by atoms with Crippen molar-refractivity contribution in [1.29, 1.82) is 0 Å². The Labute approximate surface area is 156 Å². The minimum atomic E-state index is -0.498. The van der Waals surface area contributed by atoms with E-state index in [4.69, 9.17) is 9.47 Å². The topological polar surface area (TPSA) is 93.6 Å². The first-order chi connectivity index (χ1) is 12.9. The molecule has 1 saturated heterocycles. The third kappa shape index (κ3) is 3.74. The highest BCUT2D eigenvalue weighted by Gasteiger charge is 2.29. The summed E-state index contributed by atoms with van der Waals surface area (Å²) in [7, 11) is 4.62. The van der Waals surface area contributed by atoms with E-state index in [1.54, 1.807) is 19.1 Å². The van der Waals surface area contributed by atoms with Gasteiger partial charge in [-0.3, -0.25) is 14.2 Å². The van der Waals surface area contributed by atoms with E-state index >= 15 is 0 Å². The summed E-state index contributed by atoms with van der Waals surface area (Å²) >= 11 is 0. The quantitative estimate of drug-likeness (QED) is 0.831. The first-order valence-electron chi connectivity index (χ1n) is 8.72. The van der Waals surface area contributed by atoms with E-state index in [0.717, 1.165) is 28.1 Å². The van der Waals surface area contributed by atoms with Crippen molar-refractivity contribution in [2.45, 2.75) is 18.8 Å². The Bertz CT molecular complexity index is 963. The Kier molecular flexibility index (Phi) is 5.34. The van der Waals surface area contributed by atoms with Crippen LogP contribution in [0.5, 0.6) is 11.5 Å². The molecule has 1 N–H and O–H groups in total. The molecule has 1 fully saturated rings. The number of nitrogens with zero attached hydrogens (tertiary/aromatic N) is 2. The van der Waals surface area contributed by atoms with Gasteiger partial charge in [0, 0.05) is 43.4 Å². The summed E-state index contributed by atoms with van der Waals surface area (Å²) in [6.07, 6.45) is 2.09. The Morgan fingerprint density at radius 1 is 1.26 bits per heavy atom. The first kappa shape index (κ1) is 18.8. The van der Waals surface area contributed by atoms with Crippen LogP contribution in [0.25, 0.3) is 0 Å². The average molecular weight is 373 g/mol. The third-order valence-corrected chi connectivity index (χ3v) is 5.01. The van der Waals surface area contributed by atoms with E-state index in [-0.39, 0.29) is 23.8 Å². The number of ether oxygens (including phenoxy) is 2. The van der Waals surface area contributed by atoms with Crippen LogP contribution < -0.4 is 20.7 Å². The predicted molar refractivity (Wildman–Crippen MR) is 99.5 cm³/mol. The van der Waals surface area contributed by atoms with Gasteiger partial charge in [-0.1, -0.05) is 0 Å². The highest BCUT2D eigenvalue weighted by molar-refractivity contribution is 5.79. The maximum absolute atomic E-state index is 12.6. The van der Waals surface area contributed by atoms with E-state index in [1.165, 1.54) is 13.2 Å². The number of hydrogen-bond donors (Lipinski definition) is 1. The molecule has 1 aliphatic rings. The monoisotopic (exact) mass is 373 g/mol. The van der Waals surface area contributed by atoms with Gasteiger partial charge in [0.1, 0.15) is 11.5 Å². The zero-order valence-electron chi connectivity index (χ0n) is 15.7. The molecule has 0 spiro atoms. The summed E-state index contributed by atoms with van der Waals surface area (Å²) in [5.74, 6) is 1.51. The molecule has 8 nitrogen and oxygen atoms in total. The number of nitrogens with one attached hydrogen (secondary N) is 1. The van der Waals surface area contributed by atoms with Gasteiger partial charge in [-0.05, 0) is 24.6 Å². The second kappa shape index (κ2) is 7.69. The molecule has 2 heterocycles. The van der Waals surface area contributed by atoms with Crippen LogP contribution in [-0.2, 0) is 18.3 Å². The zero-order chi connectivity index (χ0) is 19.6. The van der Waals surface area contributed by atoms with Crippen molar-refractivity contribution in [3.8, 4) is 11.5 Å². The average Bonchev–Trinajstić information content (AvgIpc) is 3.18. The molecule has 1 aliphatic heterocycles. The molecule has 0 saturated carbocycles. The number of hydrogen-bond acceptors (Lipinski definition) is 5. The summed E-state index contributed by atoms with van der Waals surface area (Å²) in [6, 6.07) is 5.64. The summed E-state index contributed by atoms with van der Waals surface area (Å²) in [5, 5.41) is 0. The summed E-state index contributed by atoms with van der Waals surface area (Å²) < 4.78 is 11.7. The number of aromatic nitrogens is 2. The van der Waals surface area contributed by atoms with E-state index in [1.807, 2.05) is 18.2 Å². The van der Waals surface area contributed by atoms with Gasteiger partial charge in [-0.25, -0.2) is 4.79 Å². The molecule has 1 aromatic carbocycles. The smallest absolute Gasteiger partial charge is 0.328 e. The number of likely N-dealkylation sites (tertiary alicyclic amines) is 1. The number of benzene rings is 1. The lowest BCUT2D eigenvalue weighted by atomic mass is 9.97. The predicted octanol–water partition coefficient (Wildman–Crippen LogP) is 0.649. The van der Waals surface area contributed by atoms with E-state index in [9.17, 15) is 14.4 Å². The van der Waals surface area contributed by atoms with Crippen LogP contribution in [0.1, 0.15) is 23.5 Å². The lowest BCUT2D eigenvalue weighted by molar-refractivity contribution is -0.129. The molecule has 0 unspecified atom stereocenters. The van der Waals surface area contributed by atoms with Crippen LogP contribution in [0, 0.1) is 0 Å². The molecule has 1 amide bonds. The largest absolute Gasteiger partial charge is 0.497 e. The van der Waals surface area contributed by atoms with E-state index in [2.05, 4.69) is 4.98 Å². The Morgan fingerprint density at radius 3 is 2.74 bits per heavy atom. The standard InChI is InChI=1S/C19H23N3O5/c1-21-18(24)13(10-20-19(21)25)8-17(23)22-7-6-12(11-22)15-9-14(26-2)4-5-16(15)27-3/h4-5,9-10,12H,6-8,11H2,1-3H3,(H,20,25)/t12-/m1/s1. The van der Waals surface area contributed by atoms with Crippen molar-refractivity contribution in [3.05, 3.63) is 56.4 Å². The molecule has 0 bridgehead atoms. The second-order valence-electron chi connectivity index (χ2n) is 6.59. The SMILES string of the molecule is COc1ccc(OC)c([C@@H]2CCN(C(=O)Cc3c[nH]c(=O)n(C)c3=O)C2)c1.